The van der Waals surface area contributed by atoms with Crippen molar-refractivity contribution in [2.75, 3.05) is 0 Å². The van der Waals surface area contributed by atoms with Crippen LogP contribution in [0.3, 0.4) is 0 Å². The Morgan fingerprint density at radius 1 is 1.22 bits per heavy atom. The maximum Gasteiger partial charge on any atom is 0.224 e. The first-order valence-corrected chi connectivity index (χ1v) is 7.82. The van der Waals surface area contributed by atoms with Crippen LogP contribution in [0.5, 0.6) is 0 Å². The Morgan fingerprint density at radius 3 is 2.78 bits per heavy atom. The van der Waals surface area contributed by atoms with Crippen LogP contribution in [-0.4, -0.2) is 24.0 Å². The third kappa shape index (κ3) is 2.42. The quantitative estimate of drug-likeness (QED) is 0.806. The lowest BCUT2D eigenvalue weighted by atomic mass is 9.83. The van der Waals surface area contributed by atoms with E-state index in [9.17, 15) is 4.79 Å². The smallest absolute Gasteiger partial charge is 0.224 e. The largest absolute Gasteiger partial charge is 0.353 e. The summed E-state index contributed by atoms with van der Waals surface area (Å²) in [5, 5.41) is 6.89. The van der Waals surface area contributed by atoms with Crippen LogP contribution in [0.4, 0.5) is 0 Å². The van der Waals surface area contributed by atoms with Gasteiger partial charge in [-0.05, 0) is 38.0 Å². The summed E-state index contributed by atoms with van der Waals surface area (Å²) in [4.78, 5) is 12.3. The number of carbonyl (C=O) groups excluding carboxylic acids is 1. The minimum atomic E-state index is 0.255. The normalized spacial score (nSPS) is 43.1. The summed E-state index contributed by atoms with van der Waals surface area (Å²) in [6.45, 7) is 2.27. The molecule has 0 aromatic heterocycles. The highest BCUT2D eigenvalue weighted by molar-refractivity contribution is 5.80. The molecule has 1 amide bonds. The molecule has 102 valence electrons. The van der Waals surface area contributed by atoms with Crippen LogP contribution in [0, 0.1) is 11.8 Å². The number of rotatable bonds is 3. The van der Waals surface area contributed by atoms with Crippen molar-refractivity contribution in [3.63, 3.8) is 0 Å². The molecule has 5 unspecified atom stereocenters. The number of nitrogens with one attached hydrogen (secondary N) is 2. The molecule has 0 aromatic carbocycles. The average molecular weight is 250 g/mol. The van der Waals surface area contributed by atoms with Crippen LogP contribution in [0.15, 0.2) is 0 Å². The molecule has 1 aliphatic carbocycles. The molecule has 3 aliphatic rings. The second-order valence-corrected chi connectivity index (χ2v) is 6.54. The summed E-state index contributed by atoms with van der Waals surface area (Å²) in [7, 11) is 0. The Morgan fingerprint density at radius 2 is 2.11 bits per heavy atom. The molecular formula is C15H26N2O. The molecule has 2 aliphatic heterocycles. The summed E-state index contributed by atoms with van der Waals surface area (Å²) >= 11 is 0. The van der Waals surface area contributed by atoms with Gasteiger partial charge in [0.05, 0.1) is 5.92 Å². The van der Waals surface area contributed by atoms with Gasteiger partial charge >= 0.3 is 0 Å². The number of fused-ring (bicyclic) bond motifs is 2. The monoisotopic (exact) mass is 250 g/mol. The summed E-state index contributed by atoms with van der Waals surface area (Å²) in [6, 6.07) is 1.55. The van der Waals surface area contributed by atoms with Gasteiger partial charge in [0.2, 0.25) is 5.91 Å². The lowest BCUT2D eigenvalue weighted by Crippen LogP contribution is -2.44. The molecule has 2 bridgehead atoms. The van der Waals surface area contributed by atoms with E-state index in [-0.39, 0.29) is 5.92 Å². The molecule has 0 spiro atoms. The van der Waals surface area contributed by atoms with Crippen LogP contribution in [0.25, 0.3) is 0 Å². The minimum Gasteiger partial charge on any atom is -0.353 e. The average Bonchev–Trinajstić information content (AvgIpc) is 3.01. The van der Waals surface area contributed by atoms with E-state index in [4.69, 9.17) is 0 Å². The zero-order valence-corrected chi connectivity index (χ0v) is 11.5. The van der Waals surface area contributed by atoms with Gasteiger partial charge in [0.1, 0.15) is 0 Å². The van der Waals surface area contributed by atoms with Gasteiger partial charge in [-0.3, -0.25) is 4.79 Å². The van der Waals surface area contributed by atoms with Crippen LogP contribution < -0.4 is 10.6 Å². The highest BCUT2D eigenvalue weighted by Crippen LogP contribution is 2.34. The number of hydrogen-bond acceptors (Lipinski definition) is 2. The maximum atomic E-state index is 12.3. The van der Waals surface area contributed by atoms with E-state index in [2.05, 4.69) is 17.6 Å². The molecule has 2 heterocycles. The third-order valence-electron chi connectivity index (χ3n) is 5.34. The molecule has 3 heteroatoms. The highest BCUT2D eigenvalue weighted by Gasteiger charge is 2.43. The van der Waals surface area contributed by atoms with Crippen molar-refractivity contribution < 1.29 is 4.79 Å². The van der Waals surface area contributed by atoms with Crippen molar-refractivity contribution in [1.29, 1.82) is 0 Å². The molecule has 0 radical (unpaired) electrons. The van der Waals surface area contributed by atoms with E-state index in [0.29, 0.717) is 24.0 Å². The van der Waals surface area contributed by atoms with Crippen LogP contribution in [0.1, 0.15) is 58.3 Å². The van der Waals surface area contributed by atoms with Crippen molar-refractivity contribution in [3.8, 4) is 0 Å². The van der Waals surface area contributed by atoms with E-state index >= 15 is 0 Å². The fraction of sp³-hybridized carbons (Fsp3) is 0.933. The molecule has 3 rings (SSSR count). The first-order valence-electron chi connectivity index (χ1n) is 7.82. The van der Waals surface area contributed by atoms with E-state index in [1.165, 1.54) is 44.9 Å². The van der Waals surface area contributed by atoms with E-state index in [1.54, 1.807) is 0 Å². The lowest BCUT2D eigenvalue weighted by Gasteiger charge is -2.31. The van der Waals surface area contributed by atoms with Crippen molar-refractivity contribution in [3.05, 3.63) is 0 Å². The predicted octanol–water partition coefficient (Wildman–Crippen LogP) is 2.21. The number of carbonyl (C=O) groups is 1. The van der Waals surface area contributed by atoms with Gasteiger partial charge in [-0.1, -0.05) is 26.2 Å². The Labute approximate surface area is 110 Å². The number of hydrogen-bond donors (Lipinski definition) is 2. The molecule has 18 heavy (non-hydrogen) atoms. The van der Waals surface area contributed by atoms with Crippen molar-refractivity contribution in [2.45, 2.75) is 76.4 Å². The Kier molecular flexibility index (Phi) is 3.60. The van der Waals surface area contributed by atoms with Gasteiger partial charge in [-0.15, -0.1) is 0 Å². The van der Waals surface area contributed by atoms with Gasteiger partial charge in [0.15, 0.2) is 0 Å². The van der Waals surface area contributed by atoms with Crippen LogP contribution in [0.2, 0.25) is 0 Å². The first-order chi connectivity index (χ1) is 8.76. The first kappa shape index (κ1) is 12.5. The molecule has 3 nitrogen and oxygen atoms in total. The second kappa shape index (κ2) is 5.20. The van der Waals surface area contributed by atoms with Crippen LogP contribution in [-0.2, 0) is 4.79 Å². The molecule has 5 atom stereocenters. The highest BCUT2D eigenvalue weighted by atomic mass is 16.2. The van der Waals surface area contributed by atoms with E-state index in [1.807, 2.05) is 0 Å². The molecule has 3 fully saturated rings. The van der Waals surface area contributed by atoms with Gasteiger partial charge < -0.3 is 10.6 Å². The Balaban J connectivity index is 1.51. The standard InChI is InChI=1S/C15H26N2O/c1-2-10-4-3-5-11(8-10)17-15(18)13-9-12-6-7-14(13)16-12/h10-14,16H,2-9H2,1H3,(H,17,18). The summed E-state index contributed by atoms with van der Waals surface area (Å²) in [5.41, 5.74) is 0. The Hall–Kier alpha value is -0.570. The minimum absolute atomic E-state index is 0.255. The van der Waals surface area contributed by atoms with Gasteiger partial charge in [0.25, 0.3) is 0 Å². The van der Waals surface area contributed by atoms with E-state index in [0.717, 1.165) is 12.3 Å². The van der Waals surface area contributed by atoms with Gasteiger partial charge in [-0.2, -0.15) is 0 Å². The third-order valence-corrected chi connectivity index (χ3v) is 5.34. The fourth-order valence-electron chi connectivity index (χ4n) is 4.22. The van der Waals surface area contributed by atoms with Crippen molar-refractivity contribution in [1.82, 2.24) is 10.6 Å². The number of amides is 1. The van der Waals surface area contributed by atoms with Crippen LogP contribution >= 0.6 is 0 Å². The summed E-state index contributed by atoms with van der Waals surface area (Å²) in [6.07, 6.45) is 9.85. The maximum absolute atomic E-state index is 12.3. The zero-order valence-electron chi connectivity index (χ0n) is 11.5. The second-order valence-electron chi connectivity index (χ2n) is 6.54. The van der Waals surface area contributed by atoms with E-state index < -0.39 is 0 Å². The molecule has 1 saturated carbocycles. The molecule has 2 saturated heterocycles. The topological polar surface area (TPSA) is 41.1 Å². The molecular weight excluding hydrogens is 224 g/mol. The Bertz CT molecular complexity index is 318. The predicted molar refractivity (Wildman–Crippen MR) is 72.2 cm³/mol. The molecule has 0 aromatic rings. The summed E-state index contributed by atoms with van der Waals surface area (Å²) in [5.74, 6) is 1.42. The SMILES string of the molecule is CCC1CCCC(NC(=O)C2CC3CCC2N3)C1. The van der Waals surface area contributed by atoms with Gasteiger partial charge in [-0.25, -0.2) is 0 Å². The fourth-order valence-corrected chi connectivity index (χ4v) is 4.22. The summed E-state index contributed by atoms with van der Waals surface area (Å²) < 4.78 is 0. The molecule has 2 N–H and O–H groups in total. The van der Waals surface area contributed by atoms with Gasteiger partial charge in [0, 0.05) is 18.1 Å². The lowest BCUT2D eigenvalue weighted by molar-refractivity contribution is -0.126. The van der Waals surface area contributed by atoms with Crippen molar-refractivity contribution in [2.24, 2.45) is 11.8 Å². The zero-order chi connectivity index (χ0) is 12.5. The van der Waals surface area contributed by atoms with Crippen molar-refractivity contribution >= 4 is 5.91 Å².